The number of nitrogens with two attached hydrogens (primary N) is 1. The van der Waals surface area contributed by atoms with Gasteiger partial charge in [0.05, 0.1) is 34.0 Å². The number of pyridine rings is 1. The van der Waals surface area contributed by atoms with Gasteiger partial charge in [-0.25, -0.2) is 0 Å². The van der Waals surface area contributed by atoms with Gasteiger partial charge in [0.25, 0.3) is 0 Å². The number of Topliss-reactive ketones (excluding diaryl/α,β-unsaturated/α-hetero) is 1. The van der Waals surface area contributed by atoms with Crippen molar-refractivity contribution in [3.05, 3.63) is 81.0 Å². The zero-order valence-electron chi connectivity index (χ0n) is 21.4. The number of nitriles is 1. The van der Waals surface area contributed by atoms with E-state index >= 15 is 0 Å². The quantitative estimate of drug-likeness (QED) is 0.325. The lowest BCUT2D eigenvalue weighted by Crippen LogP contribution is -2.42. The van der Waals surface area contributed by atoms with Crippen LogP contribution >= 0.6 is 46.3 Å². The third-order valence-corrected chi connectivity index (χ3v) is 9.11. The summed E-state index contributed by atoms with van der Waals surface area (Å²) in [6, 6.07) is 10.7. The van der Waals surface area contributed by atoms with Crippen LogP contribution in [0.25, 0.3) is 0 Å². The van der Waals surface area contributed by atoms with Crippen molar-refractivity contribution in [2.24, 2.45) is 11.1 Å². The smallest absolute Gasteiger partial charge is 0.234 e. The second-order valence-corrected chi connectivity index (χ2v) is 13.1. The zero-order chi connectivity index (χ0) is 28.6. The number of amides is 1. The van der Waals surface area contributed by atoms with Crippen LogP contribution in [0.3, 0.4) is 0 Å². The highest BCUT2D eigenvalue weighted by molar-refractivity contribution is 8.01. The van der Waals surface area contributed by atoms with Gasteiger partial charge in [-0.2, -0.15) is 5.26 Å². The van der Waals surface area contributed by atoms with Gasteiger partial charge in [0.1, 0.15) is 5.82 Å². The molecule has 2 aliphatic rings. The van der Waals surface area contributed by atoms with Gasteiger partial charge in [0, 0.05) is 35.1 Å². The average molecular weight is 613 g/mol. The second-order valence-electron chi connectivity index (χ2n) is 10.1. The predicted molar refractivity (Wildman–Crippen MR) is 157 cm³/mol. The molecule has 40 heavy (non-hydrogen) atoms. The number of hydrogen-bond acceptors (Lipinski definition) is 10. The molecular weight excluding hydrogens is 589 g/mol. The lowest BCUT2D eigenvalue weighted by atomic mass is 9.69. The van der Waals surface area contributed by atoms with Crippen LogP contribution in [0.4, 0.5) is 10.8 Å². The number of hydrogen-bond donors (Lipinski definition) is 2. The van der Waals surface area contributed by atoms with E-state index in [1.54, 1.807) is 41.6 Å². The molecule has 1 amide bonds. The van der Waals surface area contributed by atoms with Gasteiger partial charge in [-0.1, -0.05) is 66.2 Å². The molecule has 1 aliphatic heterocycles. The topological polar surface area (TPSA) is 138 Å². The molecule has 0 radical (unpaired) electrons. The largest absolute Gasteiger partial charge is 0.384 e. The lowest BCUT2D eigenvalue weighted by molar-refractivity contribution is -0.118. The van der Waals surface area contributed by atoms with Crippen LogP contribution in [-0.4, -0.2) is 32.6 Å². The molecule has 1 unspecified atom stereocenters. The van der Waals surface area contributed by atoms with E-state index in [0.717, 1.165) is 5.56 Å². The lowest BCUT2D eigenvalue weighted by Gasteiger charge is -2.42. The van der Waals surface area contributed by atoms with Crippen LogP contribution < -0.4 is 16.0 Å². The third kappa shape index (κ3) is 5.58. The van der Waals surface area contributed by atoms with E-state index in [2.05, 4.69) is 26.6 Å². The van der Waals surface area contributed by atoms with Crippen molar-refractivity contribution >= 4 is 68.8 Å². The van der Waals surface area contributed by atoms with Gasteiger partial charge in [0.2, 0.25) is 11.0 Å². The molecule has 0 saturated carbocycles. The molecule has 9 nitrogen and oxygen atoms in total. The van der Waals surface area contributed by atoms with Gasteiger partial charge >= 0.3 is 0 Å². The normalized spacial score (nSPS) is 18.4. The Morgan fingerprint density at radius 1 is 1.30 bits per heavy atom. The Hall–Kier alpha value is -3.43. The van der Waals surface area contributed by atoms with Crippen molar-refractivity contribution in [1.82, 2.24) is 15.2 Å². The van der Waals surface area contributed by atoms with Crippen LogP contribution in [0.5, 0.6) is 0 Å². The summed E-state index contributed by atoms with van der Waals surface area (Å²) in [7, 11) is 0. The molecule has 204 valence electrons. The monoisotopic (exact) mass is 611 g/mol. The highest BCUT2D eigenvalue weighted by Crippen LogP contribution is 2.50. The Kier molecular flexibility index (Phi) is 7.88. The van der Waals surface area contributed by atoms with E-state index in [0.29, 0.717) is 49.3 Å². The molecule has 0 spiro atoms. The highest BCUT2D eigenvalue weighted by atomic mass is 35.5. The number of rotatable bonds is 6. The first-order valence-electron chi connectivity index (χ1n) is 12.1. The number of nitrogens with one attached hydrogen (secondary N) is 1. The molecule has 13 heteroatoms. The minimum Gasteiger partial charge on any atom is -0.384 e. The van der Waals surface area contributed by atoms with E-state index in [9.17, 15) is 14.9 Å². The van der Waals surface area contributed by atoms with E-state index in [4.69, 9.17) is 28.9 Å². The van der Waals surface area contributed by atoms with Crippen molar-refractivity contribution in [3.63, 3.8) is 0 Å². The Morgan fingerprint density at radius 3 is 2.80 bits per heavy atom. The summed E-state index contributed by atoms with van der Waals surface area (Å²) in [6.45, 7) is 4.05. The van der Waals surface area contributed by atoms with Crippen molar-refractivity contribution in [1.29, 1.82) is 5.26 Å². The molecule has 1 atom stereocenters. The molecular formula is C27H23Cl2N7O2S2. The van der Waals surface area contributed by atoms with Crippen LogP contribution in [-0.2, 0) is 9.59 Å². The van der Waals surface area contributed by atoms with Crippen molar-refractivity contribution in [2.75, 3.05) is 16.0 Å². The molecule has 3 heterocycles. The van der Waals surface area contributed by atoms with Gasteiger partial charge in [-0.3, -0.25) is 19.5 Å². The summed E-state index contributed by atoms with van der Waals surface area (Å²) in [6.07, 6.45) is 4.20. The first-order valence-corrected chi connectivity index (χ1v) is 14.7. The van der Waals surface area contributed by atoms with Crippen LogP contribution in [0.1, 0.15) is 38.2 Å². The fourth-order valence-corrected chi connectivity index (χ4v) is 7.00. The number of nitrogens with zero attached hydrogens (tertiary/aromatic N) is 5. The van der Waals surface area contributed by atoms with E-state index in [1.807, 2.05) is 19.9 Å². The minimum absolute atomic E-state index is 0.0398. The molecule has 0 saturated heterocycles. The maximum absolute atomic E-state index is 13.6. The number of ketones is 1. The molecule has 1 aliphatic carbocycles. The predicted octanol–water partition coefficient (Wildman–Crippen LogP) is 5.91. The Labute approximate surface area is 249 Å². The second kappa shape index (κ2) is 11.2. The zero-order valence-corrected chi connectivity index (χ0v) is 24.6. The molecule has 0 fully saturated rings. The van der Waals surface area contributed by atoms with Gasteiger partial charge in [-0.05, 0) is 41.7 Å². The van der Waals surface area contributed by atoms with Gasteiger partial charge in [-0.15, -0.1) is 10.2 Å². The Bertz CT molecular complexity index is 1610. The average Bonchev–Trinajstić information content (AvgIpc) is 3.36. The van der Waals surface area contributed by atoms with Crippen LogP contribution in [0.2, 0.25) is 10.0 Å². The van der Waals surface area contributed by atoms with Crippen LogP contribution in [0.15, 0.2) is 69.7 Å². The summed E-state index contributed by atoms with van der Waals surface area (Å²) in [5.41, 5.74) is 8.99. The fraction of sp³-hybridized carbons (Fsp3) is 0.259. The van der Waals surface area contributed by atoms with Gasteiger partial charge < -0.3 is 11.1 Å². The SMILES string of the molecule is CC1(C)CC(=O)C2=C(C1)N(c1nnc(SCC(=O)Nc3ccc(Cl)cc3Cl)s1)C(N)=C(C#N)C2c1cccnc1. The van der Waals surface area contributed by atoms with Gasteiger partial charge in [0.15, 0.2) is 10.1 Å². The highest BCUT2D eigenvalue weighted by Gasteiger charge is 2.45. The first kappa shape index (κ1) is 28.1. The van der Waals surface area contributed by atoms with E-state index in [1.165, 1.54) is 23.1 Å². The Morgan fingerprint density at radius 2 is 2.10 bits per heavy atom. The molecule has 2 aromatic heterocycles. The summed E-state index contributed by atoms with van der Waals surface area (Å²) < 4.78 is 0.525. The summed E-state index contributed by atoms with van der Waals surface area (Å²) in [5, 5.41) is 22.7. The maximum Gasteiger partial charge on any atom is 0.234 e. The number of anilines is 2. The third-order valence-electron chi connectivity index (χ3n) is 6.52. The number of allylic oxidation sites excluding steroid dienone is 3. The number of benzene rings is 1. The standard InChI is InChI=1S/C27H23Cl2N7O2S2/c1-27(2)9-19-23(20(37)10-27)22(14-4-3-7-32-12-14)16(11-30)24(31)36(19)25-34-35-26(40-25)39-13-21(38)33-18-6-5-15(28)8-17(18)29/h3-8,12,22H,9-10,13,31H2,1-2H3,(H,33,38). The summed E-state index contributed by atoms with van der Waals surface area (Å²) in [5.74, 6) is -0.673. The van der Waals surface area contributed by atoms with E-state index < -0.39 is 5.92 Å². The molecule has 0 bridgehead atoms. The van der Waals surface area contributed by atoms with Crippen molar-refractivity contribution in [2.45, 2.75) is 36.9 Å². The summed E-state index contributed by atoms with van der Waals surface area (Å²) >= 11 is 14.5. The molecule has 3 aromatic rings. The maximum atomic E-state index is 13.6. The number of thioether (sulfide) groups is 1. The minimum atomic E-state index is -0.612. The molecule has 3 N–H and O–H groups in total. The molecule has 5 rings (SSSR count). The first-order chi connectivity index (χ1) is 19.1. The number of carbonyl (C=O) groups excluding carboxylic acids is 2. The van der Waals surface area contributed by atoms with Crippen LogP contribution in [0, 0.1) is 16.7 Å². The number of carbonyl (C=O) groups is 2. The number of halogens is 2. The van der Waals surface area contributed by atoms with Crippen molar-refractivity contribution < 1.29 is 9.59 Å². The summed E-state index contributed by atoms with van der Waals surface area (Å²) in [4.78, 5) is 32.0. The number of aromatic nitrogens is 3. The fourth-order valence-electron chi connectivity index (χ4n) is 4.86. The molecule has 1 aromatic carbocycles. The Balaban J connectivity index is 1.44. The van der Waals surface area contributed by atoms with E-state index in [-0.39, 0.29) is 34.3 Å². The van der Waals surface area contributed by atoms with Crippen molar-refractivity contribution in [3.8, 4) is 6.07 Å².